The Labute approximate surface area is 162 Å². The number of carbonyl (C=O) groups excluding carboxylic acids is 1. The summed E-state index contributed by atoms with van der Waals surface area (Å²) in [6, 6.07) is 8.46. The van der Waals surface area contributed by atoms with E-state index >= 15 is 0 Å². The van der Waals surface area contributed by atoms with Crippen LogP contribution in [0, 0.1) is 5.92 Å². The Morgan fingerprint density at radius 3 is 2.96 bits per heavy atom. The lowest BCUT2D eigenvalue weighted by atomic mass is 9.91. The minimum Gasteiger partial charge on any atom is -0.497 e. The number of methoxy groups -OCH3 is 1. The van der Waals surface area contributed by atoms with Gasteiger partial charge in [0.1, 0.15) is 11.6 Å². The molecule has 0 saturated carbocycles. The quantitative estimate of drug-likeness (QED) is 0.800. The van der Waals surface area contributed by atoms with Gasteiger partial charge in [-0.15, -0.1) is 0 Å². The monoisotopic (exact) mass is 369 g/mol. The molecule has 3 rings (SSSR count). The highest BCUT2D eigenvalue weighted by atomic mass is 16.5. The summed E-state index contributed by atoms with van der Waals surface area (Å²) in [6.45, 7) is 7.16. The van der Waals surface area contributed by atoms with Crippen molar-refractivity contribution in [1.29, 1.82) is 0 Å². The van der Waals surface area contributed by atoms with Crippen LogP contribution in [0.5, 0.6) is 5.75 Å². The number of aromatic nitrogens is 2. The molecule has 0 fully saturated rings. The Morgan fingerprint density at radius 1 is 1.41 bits per heavy atom. The number of hydrogen-bond acceptors (Lipinski definition) is 3. The van der Waals surface area contributed by atoms with E-state index in [-0.39, 0.29) is 11.8 Å². The molecule has 0 spiro atoms. The van der Waals surface area contributed by atoms with Gasteiger partial charge in [-0.05, 0) is 43.4 Å². The molecule has 0 aliphatic carbocycles. The van der Waals surface area contributed by atoms with Gasteiger partial charge in [0, 0.05) is 43.2 Å². The summed E-state index contributed by atoms with van der Waals surface area (Å²) >= 11 is 0. The topological polar surface area (TPSA) is 56.1 Å². The third-order valence-corrected chi connectivity index (χ3v) is 5.32. The lowest BCUT2D eigenvalue weighted by Gasteiger charge is -2.27. The molecule has 27 heavy (non-hydrogen) atoms. The average molecular weight is 370 g/mol. The number of nitrogens with one attached hydrogen (secondary N) is 1. The molecule has 0 saturated heterocycles. The van der Waals surface area contributed by atoms with E-state index in [1.54, 1.807) is 7.11 Å². The van der Waals surface area contributed by atoms with E-state index in [2.05, 4.69) is 41.7 Å². The first-order chi connectivity index (χ1) is 13.0. The number of aryl methyl sites for hydroxylation is 1. The molecule has 2 aromatic rings. The minimum absolute atomic E-state index is 0.0333. The summed E-state index contributed by atoms with van der Waals surface area (Å²) in [7, 11) is 1.67. The molecular weight excluding hydrogens is 338 g/mol. The summed E-state index contributed by atoms with van der Waals surface area (Å²) in [5.41, 5.74) is 2.22. The zero-order valence-corrected chi connectivity index (χ0v) is 16.9. The molecule has 0 radical (unpaired) electrons. The van der Waals surface area contributed by atoms with Crippen LogP contribution in [-0.4, -0.2) is 29.1 Å². The molecule has 1 aliphatic heterocycles. The van der Waals surface area contributed by atoms with Crippen LogP contribution >= 0.6 is 0 Å². The second-order valence-corrected chi connectivity index (χ2v) is 7.94. The van der Waals surface area contributed by atoms with Crippen molar-refractivity contribution in [1.82, 2.24) is 14.9 Å². The van der Waals surface area contributed by atoms with Gasteiger partial charge in [0.25, 0.3) is 0 Å². The van der Waals surface area contributed by atoms with Crippen LogP contribution in [-0.2, 0) is 11.2 Å². The van der Waals surface area contributed by atoms with E-state index in [1.807, 2.05) is 24.4 Å². The van der Waals surface area contributed by atoms with Gasteiger partial charge < -0.3 is 14.6 Å². The standard InChI is InChI=1S/C22H31N3O2/c1-15(2)13-24-22(26)12-19(17-8-6-9-18(11-17)27-4)20-14-23-21-10-5-7-16(3)25(20)21/h6,8-9,11,14-16,19H,5,7,10,12-13H2,1-4H3,(H,24,26)/t16-,19+/m1/s1. The highest BCUT2D eigenvalue weighted by Gasteiger charge is 2.27. The van der Waals surface area contributed by atoms with Gasteiger partial charge in [-0.25, -0.2) is 4.98 Å². The Morgan fingerprint density at radius 2 is 2.22 bits per heavy atom. The summed E-state index contributed by atoms with van der Waals surface area (Å²) in [4.78, 5) is 17.3. The summed E-state index contributed by atoms with van der Waals surface area (Å²) in [5.74, 6) is 2.43. The van der Waals surface area contributed by atoms with Gasteiger partial charge in [0.2, 0.25) is 5.91 Å². The molecule has 5 nitrogen and oxygen atoms in total. The van der Waals surface area contributed by atoms with E-state index in [1.165, 1.54) is 6.42 Å². The molecule has 5 heteroatoms. The first-order valence-corrected chi connectivity index (χ1v) is 9.96. The fraction of sp³-hybridized carbons (Fsp3) is 0.545. The van der Waals surface area contributed by atoms with Gasteiger partial charge in [0.15, 0.2) is 0 Å². The Bertz CT molecular complexity index is 782. The third kappa shape index (κ3) is 4.52. The second-order valence-electron chi connectivity index (χ2n) is 7.94. The highest BCUT2D eigenvalue weighted by molar-refractivity contribution is 5.77. The van der Waals surface area contributed by atoms with Crippen LogP contribution in [0.15, 0.2) is 30.5 Å². The Hall–Kier alpha value is -2.30. The van der Waals surface area contributed by atoms with E-state index in [0.29, 0.717) is 24.9 Å². The maximum absolute atomic E-state index is 12.7. The normalized spacial score (nSPS) is 17.4. The Balaban J connectivity index is 1.95. The van der Waals surface area contributed by atoms with Gasteiger partial charge in [-0.3, -0.25) is 4.79 Å². The van der Waals surface area contributed by atoms with E-state index < -0.39 is 0 Å². The molecule has 2 heterocycles. The number of hydrogen-bond donors (Lipinski definition) is 1. The molecule has 1 amide bonds. The van der Waals surface area contributed by atoms with Crippen molar-refractivity contribution in [3.63, 3.8) is 0 Å². The molecule has 1 aromatic carbocycles. The average Bonchev–Trinajstić information content (AvgIpc) is 3.09. The first-order valence-electron chi connectivity index (χ1n) is 9.96. The molecule has 2 atom stereocenters. The number of nitrogens with zero attached hydrogens (tertiary/aromatic N) is 2. The van der Waals surface area contributed by atoms with Gasteiger partial charge in [-0.1, -0.05) is 26.0 Å². The molecule has 1 aliphatic rings. The third-order valence-electron chi connectivity index (χ3n) is 5.32. The summed E-state index contributed by atoms with van der Waals surface area (Å²) < 4.78 is 7.77. The predicted octanol–water partition coefficient (Wildman–Crippen LogP) is 4.08. The van der Waals surface area contributed by atoms with Crippen LogP contribution in [0.4, 0.5) is 0 Å². The summed E-state index contributed by atoms with van der Waals surface area (Å²) in [6.07, 6.45) is 5.72. The van der Waals surface area contributed by atoms with Crippen LogP contribution < -0.4 is 10.1 Å². The number of rotatable bonds is 7. The molecule has 1 N–H and O–H groups in total. The molecule has 0 bridgehead atoms. The largest absolute Gasteiger partial charge is 0.497 e. The van der Waals surface area contributed by atoms with Crippen molar-refractivity contribution in [2.45, 2.75) is 58.4 Å². The van der Waals surface area contributed by atoms with Crippen molar-refractivity contribution in [2.75, 3.05) is 13.7 Å². The van der Waals surface area contributed by atoms with E-state index in [0.717, 1.165) is 35.7 Å². The van der Waals surface area contributed by atoms with Crippen molar-refractivity contribution < 1.29 is 9.53 Å². The zero-order valence-electron chi connectivity index (χ0n) is 16.9. The van der Waals surface area contributed by atoms with Crippen molar-refractivity contribution in [3.05, 3.63) is 47.5 Å². The lowest BCUT2D eigenvalue weighted by molar-refractivity contribution is -0.121. The predicted molar refractivity (Wildman–Crippen MR) is 107 cm³/mol. The van der Waals surface area contributed by atoms with E-state index in [9.17, 15) is 4.79 Å². The number of ether oxygens (including phenoxy) is 1. The molecule has 1 aromatic heterocycles. The fourth-order valence-corrected chi connectivity index (χ4v) is 3.88. The van der Waals surface area contributed by atoms with E-state index in [4.69, 9.17) is 4.74 Å². The Kier molecular flexibility index (Phi) is 6.19. The van der Waals surface area contributed by atoms with Gasteiger partial charge in [0.05, 0.1) is 7.11 Å². The molecule has 146 valence electrons. The lowest BCUT2D eigenvalue weighted by Crippen LogP contribution is -2.29. The summed E-state index contributed by atoms with van der Waals surface area (Å²) in [5, 5.41) is 3.06. The highest BCUT2D eigenvalue weighted by Crippen LogP contribution is 2.35. The van der Waals surface area contributed by atoms with Crippen LogP contribution in [0.1, 0.15) is 69.1 Å². The first kappa shape index (κ1) is 19.5. The van der Waals surface area contributed by atoms with Gasteiger partial charge in [-0.2, -0.15) is 0 Å². The van der Waals surface area contributed by atoms with Crippen molar-refractivity contribution in [3.8, 4) is 5.75 Å². The smallest absolute Gasteiger partial charge is 0.221 e. The number of amides is 1. The fourth-order valence-electron chi connectivity index (χ4n) is 3.88. The number of benzene rings is 1. The SMILES string of the molecule is COc1cccc([C@H](CC(=O)NCC(C)C)c2cnc3n2[C@H](C)CCC3)c1. The maximum Gasteiger partial charge on any atom is 0.221 e. The maximum atomic E-state index is 12.7. The van der Waals surface area contributed by atoms with Crippen LogP contribution in [0.25, 0.3) is 0 Å². The van der Waals surface area contributed by atoms with Crippen molar-refractivity contribution >= 4 is 5.91 Å². The van der Waals surface area contributed by atoms with Gasteiger partial charge >= 0.3 is 0 Å². The van der Waals surface area contributed by atoms with Crippen molar-refractivity contribution in [2.24, 2.45) is 5.92 Å². The van der Waals surface area contributed by atoms with Crippen LogP contribution in [0.3, 0.4) is 0 Å². The zero-order chi connectivity index (χ0) is 19.4. The second kappa shape index (κ2) is 8.59. The van der Waals surface area contributed by atoms with Crippen LogP contribution in [0.2, 0.25) is 0 Å². The number of carbonyl (C=O) groups is 1. The number of imidazole rings is 1. The molecule has 0 unspecified atom stereocenters. The minimum atomic E-state index is -0.0333. The number of fused-ring (bicyclic) bond motifs is 1. The molecular formula is C22H31N3O2.